The van der Waals surface area contributed by atoms with Crippen molar-refractivity contribution in [3.05, 3.63) is 30.0 Å². The molecule has 0 bridgehead atoms. The molecule has 3 nitrogen and oxygen atoms in total. The van der Waals surface area contributed by atoms with E-state index in [1.807, 2.05) is 12.1 Å². The van der Waals surface area contributed by atoms with Gasteiger partial charge in [0.1, 0.15) is 17.1 Å². The SMILES string of the molecule is Oc1ccc2cc(CNC3CCCC3)oc2c1. The molecule has 90 valence electrons. The molecule has 0 amide bonds. The largest absolute Gasteiger partial charge is 0.508 e. The van der Waals surface area contributed by atoms with E-state index in [0.717, 1.165) is 23.3 Å². The van der Waals surface area contributed by atoms with Crippen LogP contribution in [-0.4, -0.2) is 11.1 Å². The number of benzene rings is 1. The van der Waals surface area contributed by atoms with Gasteiger partial charge in [-0.25, -0.2) is 0 Å². The number of fused-ring (bicyclic) bond motifs is 1. The molecule has 1 saturated carbocycles. The molecule has 0 aliphatic heterocycles. The van der Waals surface area contributed by atoms with Crippen LogP contribution < -0.4 is 5.32 Å². The van der Waals surface area contributed by atoms with Crippen LogP contribution in [-0.2, 0) is 6.54 Å². The Kier molecular flexibility index (Phi) is 2.77. The molecule has 0 unspecified atom stereocenters. The van der Waals surface area contributed by atoms with E-state index in [0.29, 0.717) is 6.04 Å². The predicted molar refractivity (Wildman–Crippen MR) is 67.0 cm³/mol. The fourth-order valence-corrected chi connectivity index (χ4v) is 2.54. The van der Waals surface area contributed by atoms with Gasteiger partial charge in [-0.2, -0.15) is 0 Å². The van der Waals surface area contributed by atoms with Crippen LogP contribution in [0.1, 0.15) is 31.4 Å². The third-order valence-electron chi connectivity index (χ3n) is 3.47. The highest BCUT2D eigenvalue weighted by molar-refractivity contribution is 5.79. The summed E-state index contributed by atoms with van der Waals surface area (Å²) in [6.07, 6.45) is 5.24. The second-order valence-corrected chi connectivity index (χ2v) is 4.80. The minimum Gasteiger partial charge on any atom is -0.508 e. The van der Waals surface area contributed by atoms with Gasteiger partial charge in [-0.05, 0) is 31.0 Å². The molecule has 0 atom stereocenters. The lowest BCUT2D eigenvalue weighted by atomic mass is 10.2. The Balaban J connectivity index is 1.72. The standard InChI is InChI=1S/C14H17NO2/c16-12-6-5-10-7-13(17-14(10)8-12)9-15-11-3-1-2-4-11/h5-8,11,15-16H,1-4,9H2. The van der Waals surface area contributed by atoms with Gasteiger partial charge in [-0.1, -0.05) is 12.8 Å². The van der Waals surface area contributed by atoms with Crippen molar-refractivity contribution in [1.82, 2.24) is 5.32 Å². The maximum absolute atomic E-state index is 9.37. The summed E-state index contributed by atoms with van der Waals surface area (Å²) in [6.45, 7) is 0.778. The van der Waals surface area contributed by atoms with Crippen LogP contribution >= 0.6 is 0 Å². The third kappa shape index (κ3) is 2.29. The Hall–Kier alpha value is -1.48. The van der Waals surface area contributed by atoms with Crippen molar-refractivity contribution >= 4 is 11.0 Å². The van der Waals surface area contributed by atoms with Gasteiger partial charge in [0.2, 0.25) is 0 Å². The van der Waals surface area contributed by atoms with Crippen LogP contribution in [0.5, 0.6) is 5.75 Å². The zero-order chi connectivity index (χ0) is 11.7. The van der Waals surface area contributed by atoms with Gasteiger partial charge in [0.05, 0.1) is 6.54 Å². The molecular formula is C14H17NO2. The van der Waals surface area contributed by atoms with Crippen LogP contribution in [0.3, 0.4) is 0 Å². The zero-order valence-electron chi connectivity index (χ0n) is 9.78. The van der Waals surface area contributed by atoms with E-state index in [9.17, 15) is 5.11 Å². The van der Waals surface area contributed by atoms with Gasteiger partial charge in [-0.15, -0.1) is 0 Å². The van der Waals surface area contributed by atoms with E-state index < -0.39 is 0 Å². The highest BCUT2D eigenvalue weighted by atomic mass is 16.3. The molecule has 1 heterocycles. The summed E-state index contributed by atoms with van der Waals surface area (Å²) in [5.41, 5.74) is 0.758. The lowest BCUT2D eigenvalue weighted by Gasteiger charge is -2.09. The molecule has 1 fully saturated rings. The molecule has 2 N–H and O–H groups in total. The first kappa shape index (κ1) is 10.7. The molecule has 3 rings (SSSR count). The summed E-state index contributed by atoms with van der Waals surface area (Å²) in [7, 11) is 0. The first-order valence-corrected chi connectivity index (χ1v) is 6.26. The molecule has 0 saturated heterocycles. The van der Waals surface area contributed by atoms with E-state index in [4.69, 9.17) is 4.42 Å². The smallest absolute Gasteiger partial charge is 0.138 e. The predicted octanol–water partition coefficient (Wildman–Crippen LogP) is 3.17. The third-order valence-corrected chi connectivity index (χ3v) is 3.47. The number of aromatic hydroxyl groups is 1. The summed E-state index contributed by atoms with van der Waals surface area (Å²) < 4.78 is 5.69. The Labute approximate surface area is 100 Å². The Morgan fingerprint density at radius 3 is 2.88 bits per heavy atom. The second-order valence-electron chi connectivity index (χ2n) is 4.80. The van der Waals surface area contributed by atoms with E-state index in [2.05, 4.69) is 5.32 Å². The highest BCUT2D eigenvalue weighted by Crippen LogP contribution is 2.24. The second kappa shape index (κ2) is 4.41. The average Bonchev–Trinajstić information content (AvgIpc) is 2.94. The number of rotatable bonds is 3. The minimum absolute atomic E-state index is 0.252. The lowest BCUT2D eigenvalue weighted by Crippen LogP contribution is -2.24. The van der Waals surface area contributed by atoms with E-state index in [-0.39, 0.29) is 5.75 Å². The molecular weight excluding hydrogens is 214 g/mol. The van der Waals surface area contributed by atoms with Crippen LogP contribution in [0.25, 0.3) is 11.0 Å². The highest BCUT2D eigenvalue weighted by Gasteiger charge is 2.14. The monoisotopic (exact) mass is 231 g/mol. The molecule has 0 radical (unpaired) electrons. The van der Waals surface area contributed by atoms with Crippen LogP contribution in [0.2, 0.25) is 0 Å². The summed E-state index contributed by atoms with van der Waals surface area (Å²) in [5.74, 6) is 1.19. The molecule has 1 aromatic carbocycles. The van der Waals surface area contributed by atoms with Gasteiger partial charge in [0, 0.05) is 17.5 Å². The average molecular weight is 231 g/mol. The van der Waals surface area contributed by atoms with Crippen molar-refractivity contribution in [2.75, 3.05) is 0 Å². The fourth-order valence-electron chi connectivity index (χ4n) is 2.54. The number of hydrogen-bond acceptors (Lipinski definition) is 3. The zero-order valence-corrected chi connectivity index (χ0v) is 9.78. The lowest BCUT2D eigenvalue weighted by molar-refractivity contribution is 0.458. The van der Waals surface area contributed by atoms with E-state index >= 15 is 0 Å². The molecule has 2 aromatic rings. The number of phenolic OH excluding ortho intramolecular Hbond substituents is 1. The summed E-state index contributed by atoms with van der Waals surface area (Å²) in [6, 6.07) is 7.92. The van der Waals surface area contributed by atoms with Crippen LogP contribution in [0, 0.1) is 0 Å². The number of nitrogens with one attached hydrogen (secondary N) is 1. The van der Waals surface area contributed by atoms with Crippen molar-refractivity contribution < 1.29 is 9.52 Å². The Bertz CT molecular complexity index is 512. The Morgan fingerprint density at radius 2 is 2.06 bits per heavy atom. The van der Waals surface area contributed by atoms with Gasteiger partial charge in [0.15, 0.2) is 0 Å². The molecule has 0 spiro atoms. The van der Waals surface area contributed by atoms with Crippen molar-refractivity contribution in [1.29, 1.82) is 0 Å². The topological polar surface area (TPSA) is 45.4 Å². The number of furan rings is 1. The van der Waals surface area contributed by atoms with Gasteiger partial charge >= 0.3 is 0 Å². The Morgan fingerprint density at radius 1 is 1.24 bits per heavy atom. The molecule has 17 heavy (non-hydrogen) atoms. The summed E-state index contributed by atoms with van der Waals surface area (Å²) in [5, 5.41) is 13.9. The maximum atomic E-state index is 9.37. The number of phenols is 1. The first-order valence-electron chi connectivity index (χ1n) is 6.26. The van der Waals surface area contributed by atoms with E-state index in [1.165, 1.54) is 25.7 Å². The van der Waals surface area contributed by atoms with Crippen molar-refractivity contribution in [2.45, 2.75) is 38.3 Å². The van der Waals surface area contributed by atoms with Gasteiger partial charge in [-0.3, -0.25) is 0 Å². The normalized spacial score (nSPS) is 16.9. The van der Waals surface area contributed by atoms with Gasteiger partial charge < -0.3 is 14.8 Å². The fraction of sp³-hybridized carbons (Fsp3) is 0.429. The van der Waals surface area contributed by atoms with Crippen LogP contribution in [0.15, 0.2) is 28.7 Å². The molecule has 3 heteroatoms. The minimum atomic E-state index is 0.252. The van der Waals surface area contributed by atoms with Crippen molar-refractivity contribution in [3.63, 3.8) is 0 Å². The van der Waals surface area contributed by atoms with E-state index in [1.54, 1.807) is 12.1 Å². The van der Waals surface area contributed by atoms with Crippen molar-refractivity contribution in [3.8, 4) is 5.75 Å². The van der Waals surface area contributed by atoms with Crippen LogP contribution in [0.4, 0.5) is 0 Å². The molecule has 1 aliphatic rings. The molecule has 1 aliphatic carbocycles. The summed E-state index contributed by atoms with van der Waals surface area (Å²) in [4.78, 5) is 0. The summed E-state index contributed by atoms with van der Waals surface area (Å²) >= 11 is 0. The molecule has 1 aromatic heterocycles. The quantitative estimate of drug-likeness (QED) is 0.852. The maximum Gasteiger partial charge on any atom is 0.138 e. The number of hydrogen-bond donors (Lipinski definition) is 2. The van der Waals surface area contributed by atoms with Gasteiger partial charge in [0.25, 0.3) is 0 Å². The first-order chi connectivity index (χ1) is 8.31. The van der Waals surface area contributed by atoms with Crippen molar-refractivity contribution in [2.24, 2.45) is 0 Å².